The van der Waals surface area contributed by atoms with Crippen molar-refractivity contribution in [2.75, 3.05) is 18.5 Å². The van der Waals surface area contributed by atoms with Crippen molar-refractivity contribution in [1.82, 2.24) is 4.90 Å². The van der Waals surface area contributed by atoms with E-state index in [4.69, 9.17) is 16.3 Å². The van der Waals surface area contributed by atoms with Crippen LogP contribution >= 0.6 is 11.6 Å². The molecule has 1 aromatic rings. The molecule has 3 amide bonds. The van der Waals surface area contributed by atoms with Crippen LogP contribution in [0.4, 0.5) is 18.9 Å². The number of amides is 3. The lowest BCUT2D eigenvalue weighted by Crippen LogP contribution is -2.33. The molecule has 1 fully saturated rings. The lowest BCUT2D eigenvalue weighted by Gasteiger charge is -2.14. The average molecular weight is 459 g/mol. The number of ether oxygens (including phenoxy) is 1. The predicted octanol–water partition coefficient (Wildman–Crippen LogP) is 3.18. The molecule has 1 heterocycles. The highest BCUT2D eigenvalue weighted by Crippen LogP contribution is 2.36. The van der Waals surface area contributed by atoms with E-state index in [1.54, 1.807) is 0 Å². The molecular formula is C20H18ClF3N2O5. The van der Waals surface area contributed by atoms with Crippen molar-refractivity contribution in [3.8, 4) is 0 Å². The number of hydrogen-bond acceptors (Lipinski definition) is 5. The van der Waals surface area contributed by atoms with Gasteiger partial charge < -0.3 is 10.1 Å². The molecule has 31 heavy (non-hydrogen) atoms. The maximum atomic E-state index is 12.9. The first-order valence-corrected chi connectivity index (χ1v) is 9.78. The van der Waals surface area contributed by atoms with Gasteiger partial charge in [0.15, 0.2) is 6.61 Å². The number of esters is 1. The number of anilines is 1. The SMILES string of the molecule is O=C(COC(=O)CCN1C(=O)[C@H]2CC=CC[C@H]2C1=O)Nc1ccc(Cl)c(C(F)(F)F)c1. The molecule has 1 aliphatic carbocycles. The van der Waals surface area contributed by atoms with Crippen LogP contribution in [-0.4, -0.2) is 41.7 Å². The molecule has 2 atom stereocenters. The molecule has 11 heteroatoms. The summed E-state index contributed by atoms with van der Waals surface area (Å²) in [5.41, 5.74) is -1.28. The van der Waals surface area contributed by atoms with Gasteiger partial charge in [-0.1, -0.05) is 23.8 Å². The Morgan fingerprint density at radius 1 is 1.13 bits per heavy atom. The first-order valence-electron chi connectivity index (χ1n) is 9.40. The lowest BCUT2D eigenvalue weighted by atomic mass is 9.85. The molecule has 0 aromatic heterocycles. The zero-order chi connectivity index (χ0) is 22.8. The average Bonchev–Trinajstić information content (AvgIpc) is 2.96. The highest BCUT2D eigenvalue weighted by Gasteiger charge is 2.47. The highest BCUT2D eigenvalue weighted by atomic mass is 35.5. The number of allylic oxidation sites excluding steroid dienone is 2. The summed E-state index contributed by atoms with van der Waals surface area (Å²) in [4.78, 5) is 49.4. The van der Waals surface area contributed by atoms with Gasteiger partial charge in [-0.25, -0.2) is 0 Å². The largest absolute Gasteiger partial charge is 0.456 e. The number of fused-ring (bicyclic) bond motifs is 1. The minimum absolute atomic E-state index is 0.156. The molecule has 0 spiro atoms. The topological polar surface area (TPSA) is 92.8 Å². The second-order valence-electron chi connectivity index (χ2n) is 7.14. The molecule has 0 radical (unpaired) electrons. The maximum Gasteiger partial charge on any atom is 0.417 e. The minimum Gasteiger partial charge on any atom is -0.456 e. The quantitative estimate of drug-likeness (QED) is 0.401. The van der Waals surface area contributed by atoms with Crippen LogP contribution in [0.25, 0.3) is 0 Å². The third-order valence-electron chi connectivity index (χ3n) is 5.06. The predicted molar refractivity (Wildman–Crippen MR) is 103 cm³/mol. The zero-order valence-corrected chi connectivity index (χ0v) is 16.8. The van der Waals surface area contributed by atoms with Crippen LogP contribution in [-0.2, 0) is 30.1 Å². The summed E-state index contributed by atoms with van der Waals surface area (Å²) in [5, 5.41) is 1.67. The van der Waals surface area contributed by atoms with Gasteiger partial charge in [-0.2, -0.15) is 13.2 Å². The van der Waals surface area contributed by atoms with E-state index in [1.807, 2.05) is 12.2 Å². The van der Waals surface area contributed by atoms with Gasteiger partial charge in [0.05, 0.1) is 28.8 Å². The lowest BCUT2D eigenvalue weighted by molar-refractivity contribution is -0.148. The summed E-state index contributed by atoms with van der Waals surface area (Å²) in [6.45, 7) is -0.892. The van der Waals surface area contributed by atoms with Gasteiger partial charge in [-0.15, -0.1) is 0 Å². The molecule has 7 nitrogen and oxygen atoms in total. The van der Waals surface area contributed by atoms with Crippen molar-refractivity contribution in [3.05, 3.63) is 40.9 Å². The van der Waals surface area contributed by atoms with E-state index in [9.17, 15) is 32.3 Å². The minimum atomic E-state index is -4.69. The molecule has 1 N–H and O–H groups in total. The monoisotopic (exact) mass is 458 g/mol. The summed E-state index contributed by atoms with van der Waals surface area (Å²) in [6.07, 6.45) is -0.324. The molecule has 0 bridgehead atoms. The van der Waals surface area contributed by atoms with Crippen molar-refractivity contribution in [2.45, 2.75) is 25.4 Å². The number of rotatable bonds is 6. The number of likely N-dealkylation sites (tertiary alicyclic amines) is 1. The van der Waals surface area contributed by atoms with Crippen LogP contribution in [0.2, 0.25) is 5.02 Å². The van der Waals surface area contributed by atoms with Gasteiger partial charge >= 0.3 is 12.1 Å². The number of halogens is 4. The summed E-state index contributed by atoms with van der Waals surface area (Å²) < 4.78 is 43.4. The van der Waals surface area contributed by atoms with Gasteiger partial charge in [0.1, 0.15) is 0 Å². The summed E-state index contributed by atoms with van der Waals surface area (Å²) in [6, 6.07) is 2.83. The molecule has 1 aromatic carbocycles. The van der Waals surface area contributed by atoms with E-state index >= 15 is 0 Å². The highest BCUT2D eigenvalue weighted by molar-refractivity contribution is 6.31. The van der Waals surface area contributed by atoms with E-state index in [1.165, 1.54) is 6.07 Å². The van der Waals surface area contributed by atoms with Crippen molar-refractivity contribution >= 4 is 41.0 Å². The third kappa shape index (κ3) is 5.25. The van der Waals surface area contributed by atoms with Crippen LogP contribution in [0.5, 0.6) is 0 Å². The molecule has 166 valence electrons. The van der Waals surface area contributed by atoms with Gasteiger partial charge in [-0.3, -0.25) is 24.1 Å². The van der Waals surface area contributed by atoms with Gasteiger partial charge in [0.25, 0.3) is 5.91 Å². The number of nitrogens with zero attached hydrogens (tertiary/aromatic N) is 1. The van der Waals surface area contributed by atoms with Crippen LogP contribution in [0.15, 0.2) is 30.4 Å². The summed E-state index contributed by atoms with van der Waals surface area (Å²) in [7, 11) is 0. The van der Waals surface area contributed by atoms with Gasteiger partial charge in [0, 0.05) is 12.2 Å². The number of hydrogen-bond donors (Lipinski definition) is 1. The van der Waals surface area contributed by atoms with E-state index in [-0.39, 0.29) is 30.5 Å². The Morgan fingerprint density at radius 2 is 1.74 bits per heavy atom. The Balaban J connectivity index is 1.46. The first-order chi connectivity index (χ1) is 14.6. The number of alkyl halides is 3. The summed E-state index contributed by atoms with van der Waals surface area (Å²) in [5.74, 6) is -3.13. The zero-order valence-electron chi connectivity index (χ0n) is 16.1. The van der Waals surface area contributed by atoms with Crippen molar-refractivity contribution in [1.29, 1.82) is 0 Å². The van der Waals surface area contributed by atoms with Crippen molar-refractivity contribution < 1.29 is 37.1 Å². The van der Waals surface area contributed by atoms with E-state index in [0.29, 0.717) is 18.9 Å². The third-order valence-corrected chi connectivity index (χ3v) is 5.39. The number of carbonyl (C=O) groups excluding carboxylic acids is 4. The first kappa shape index (κ1) is 22.8. The molecule has 0 saturated carbocycles. The Morgan fingerprint density at radius 3 is 2.32 bits per heavy atom. The molecule has 2 aliphatic rings. The van der Waals surface area contributed by atoms with Crippen molar-refractivity contribution in [2.24, 2.45) is 11.8 Å². The maximum absolute atomic E-state index is 12.9. The second kappa shape index (κ2) is 9.09. The smallest absolute Gasteiger partial charge is 0.417 e. The second-order valence-corrected chi connectivity index (χ2v) is 7.54. The van der Waals surface area contributed by atoms with E-state index < -0.39 is 47.1 Å². The molecule has 1 aliphatic heterocycles. The Bertz CT molecular complexity index is 921. The number of nitrogens with one attached hydrogen (secondary N) is 1. The number of benzene rings is 1. The fraction of sp³-hybridized carbons (Fsp3) is 0.400. The van der Waals surface area contributed by atoms with E-state index in [0.717, 1.165) is 11.0 Å². The Labute approximate surface area is 180 Å². The van der Waals surface area contributed by atoms with Crippen LogP contribution in [0.3, 0.4) is 0 Å². The normalized spacial score (nSPS) is 20.6. The van der Waals surface area contributed by atoms with E-state index in [2.05, 4.69) is 5.32 Å². The van der Waals surface area contributed by atoms with Crippen molar-refractivity contribution in [3.63, 3.8) is 0 Å². The standard InChI is InChI=1S/C20H18ClF3N2O5/c21-15-6-5-11(9-14(15)20(22,23)24)25-16(27)10-31-17(28)7-8-26-18(29)12-3-1-2-4-13(12)19(26)30/h1-2,5-6,9,12-13H,3-4,7-8,10H2,(H,25,27)/t12-,13+. The number of carbonyl (C=O) groups is 4. The van der Waals surface area contributed by atoms with Gasteiger partial charge in [0.2, 0.25) is 11.8 Å². The molecular weight excluding hydrogens is 441 g/mol. The van der Waals surface area contributed by atoms with Gasteiger partial charge in [-0.05, 0) is 31.0 Å². The van der Waals surface area contributed by atoms with Crippen LogP contribution in [0.1, 0.15) is 24.8 Å². The fourth-order valence-electron chi connectivity index (χ4n) is 3.53. The fourth-order valence-corrected chi connectivity index (χ4v) is 3.75. The number of imide groups is 1. The van der Waals surface area contributed by atoms with Crippen LogP contribution < -0.4 is 5.32 Å². The van der Waals surface area contributed by atoms with Crippen LogP contribution in [0, 0.1) is 11.8 Å². The molecule has 3 rings (SSSR count). The Kier molecular flexibility index (Phi) is 6.68. The Hall–Kier alpha value is -2.88. The molecule has 1 saturated heterocycles. The summed E-state index contributed by atoms with van der Waals surface area (Å²) >= 11 is 5.51. The molecule has 0 unspecified atom stereocenters.